The molecule has 0 bridgehead atoms. The number of ketones is 1. The summed E-state index contributed by atoms with van der Waals surface area (Å²) < 4.78 is 4.25. The van der Waals surface area contributed by atoms with Crippen molar-refractivity contribution in [2.45, 2.75) is 46.7 Å². The topological polar surface area (TPSA) is 87.7 Å². The summed E-state index contributed by atoms with van der Waals surface area (Å²) in [5.74, 6) is -0.419. The van der Waals surface area contributed by atoms with Gasteiger partial charge in [0.15, 0.2) is 5.78 Å². The second-order valence-electron chi connectivity index (χ2n) is 7.22. The number of thiophene rings is 1. The minimum Gasteiger partial charge on any atom is -0.388 e. The van der Waals surface area contributed by atoms with Gasteiger partial charge in [-0.2, -0.15) is 0 Å². The van der Waals surface area contributed by atoms with E-state index < -0.39 is 11.9 Å². The molecule has 1 aromatic heterocycles. The standard InChI is InChI=1S/C23H24N2O3S.C2H6O.C2H6/c1-3-19(23(27)25-28)24-14-21-15(2)13-20(29-21)16-9-11-18(12-10-16)22(26)17-7-5-4-6-8-17;1-3-2;1-2/h4-13,19,24,28H,3,14H2,1-2H3,(H,25,27);1-2H3;1-2H3. The first-order valence-electron chi connectivity index (χ1n) is 11.3. The first-order valence-corrected chi connectivity index (χ1v) is 12.1. The zero-order chi connectivity index (χ0) is 25.5. The molecule has 0 aliphatic heterocycles. The first kappa shape index (κ1) is 29.2. The molecule has 0 aliphatic carbocycles. The molecular formula is C27H36N2O4S. The van der Waals surface area contributed by atoms with E-state index in [0.29, 0.717) is 24.1 Å². The lowest BCUT2D eigenvalue weighted by atomic mass is 10.0. The van der Waals surface area contributed by atoms with Crippen LogP contribution < -0.4 is 10.8 Å². The number of rotatable bonds is 8. The lowest BCUT2D eigenvalue weighted by Gasteiger charge is -2.14. The summed E-state index contributed by atoms with van der Waals surface area (Å²) in [6.07, 6.45) is 0.584. The van der Waals surface area contributed by atoms with Crippen LogP contribution >= 0.6 is 11.3 Å². The highest BCUT2D eigenvalue weighted by molar-refractivity contribution is 7.15. The third-order valence-electron chi connectivity index (χ3n) is 4.83. The highest BCUT2D eigenvalue weighted by atomic mass is 32.1. The monoisotopic (exact) mass is 484 g/mol. The van der Waals surface area contributed by atoms with E-state index in [9.17, 15) is 9.59 Å². The summed E-state index contributed by atoms with van der Waals surface area (Å²) in [7, 11) is 3.25. The van der Waals surface area contributed by atoms with Gasteiger partial charge in [-0.1, -0.05) is 75.4 Å². The van der Waals surface area contributed by atoms with Gasteiger partial charge >= 0.3 is 0 Å². The van der Waals surface area contributed by atoms with E-state index in [1.54, 1.807) is 31.0 Å². The molecular weight excluding hydrogens is 448 g/mol. The van der Waals surface area contributed by atoms with Gasteiger partial charge in [0, 0.05) is 41.6 Å². The summed E-state index contributed by atoms with van der Waals surface area (Å²) in [5, 5.41) is 12.0. The Morgan fingerprint density at radius 1 is 1.00 bits per heavy atom. The minimum atomic E-state index is -0.437. The van der Waals surface area contributed by atoms with Gasteiger partial charge in [0.05, 0.1) is 6.04 Å². The van der Waals surface area contributed by atoms with Gasteiger partial charge in [0.2, 0.25) is 0 Å². The van der Waals surface area contributed by atoms with E-state index in [1.807, 2.05) is 82.3 Å². The van der Waals surface area contributed by atoms with Gasteiger partial charge in [-0.3, -0.25) is 14.8 Å². The Morgan fingerprint density at radius 2 is 1.56 bits per heavy atom. The summed E-state index contributed by atoms with van der Waals surface area (Å²) in [6, 6.07) is 18.6. The molecule has 3 aromatic rings. The highest BCUT2D eigenvalue weighted by Gasteiger charge is 2.16. The van der Waals surface area contributed by atoms with Crippen molar-refractivity contribution in [3.8, 4) is 10.4 Å². The molecule has 1 atom stereocenters. The van der Waals surface area contributed by atoms with E-state index in [2.05, 4.69) is 16.1 Å². The van der Waals surface area contributed by atoms with Crippen LogP contribution in [0.5, 0.6) is 0 Å². The number of ether oxygens (including phenoxy) is 1. The zero-order valence-electron chi connectivity index (χ0n) is 20.8. The average molecular weight is 485 g/mol. The van der Waals surface area contributed by atoms with Crippen molar-refractivity contribution in [3.05, 3.63) is 82.2 Å². The Labute approximate surface area is 206 Å². The Bertz CT molecular complexity index is 1000. The second-order valence-corrected chi connectivity index (χ2v) is 8.35. The number of hydroxylamine groups is 1. The minimum absolute atomic E-state index is 0.0113. The number of hydrogen-bond donors (Lipinski definition) is 3. The molecule has 0 saturated carbocycles. The summed E-state index contributed by atoms with van der Waals surface area (Å²) >= 11 is 1.65. The van der Waals surface area contributed by atoms with Crippen molar-refractivity contribution < 1.29 is 19.5 Å². The first-order chi connectivity index (χ1) is 16.4. The van der Waals surface area contributed by atoms with Crippen molar-refractivity contribution in [2.24, 2.45) is 0 Å². The maximum Gasteiger partial charge on any atom is 0.260 e. The molecule has 0 aliphatic rings. The molecule has 3 rings (SSSR count). The number of benzene rings is 2. The van der Waals surface area contributed by atoms with Crippen molar-refractivity contribution in [3.63, 3.8) is 0 Å². The van der Waals surface area contributed by atoms with Gasteiger partial charge < -0.3 is 10.1 Å². The van der Waals surface area contributed by atoms with Crippen molar-refractivity contribution in [1.82, 2.24) is 10.8 Å². The molecule has 1 heterocycles. The number of carbonyl (C=O) groups excluding carboxylic acids is 2. The number of aryl methyl sites for hydroxylation is 1. The van der Waals surface area contributed by atoms with Crippen LogP contribution in [0.25, 0.3) is 10.4 Å². The molecule has 1 amide bonds. The van der Waals surface area contributed by atoms with Crippen LogP contribution in [0.4, 0.5) is 0 Å². The van der Waals surface area contributed by atoms with Crippen LogP contribution in [0.15, 0.2) is 60.7 Å². The fourth-order valence-electron chi connectivity index (χ4n) is 3.10. The SMILES string of the molecule is CC.CCC(NCc1sc(-c2ccc(C(=O)c3ccccc3)cc2)cc1C)C(=O)NO.COC. The van der Waals surface area contributed by atoms with E-state index in [4.69, 9.17) is 5.21 Å². The van der Waals surface area contributed by atoms with Gasteiger partial charge in [-0.25, -0.2) is 5.48 Å². The maximum absolute atomic E-state index is 12.6. The molecule has 34 heavy (non-hydrogen) atoms. The lowest BCUT2D eigenvalue weighted by Crippen LogP contribution is -2.42. The molecule has 2 aromatic carbocycles. The Balaban J connectivity index is 0.00000107. The van der Waals surface area contributed by atoms with Gasteiger partial charge in [-0.15, -0.1) is 11.3 Å². The number of amides is 1. The van der Waals surface area contributed by atoms with E-state index in [1.165, 1.54) is 0 Å². The molecule has 0 spiro atoms. The van der Waals surface area contributed by atoms with Crippen LogP contribution in [0.1, 0.15) is 53.6 Å². The van der Waals surface area contributed by atoms with Gasteiger partial charge in [0.1, 0.15) is 0 Å². The Morgan fingerprint density at radius 3 is 2.09 bits per heavy atom. The van der Waals surface area contributed by atoms with Crippen molar-refractivity contribution in [1.29, 1.82) is 0 Å². The van der Waals surface area contributed by atoms with Crippen LogP contribution in [-0.2, 0) is 16.1 Å². The molecule has 7 heteroatoms. The second kappa shape index (κ2) is 15.9. The lowest BCUT2D eigenvalue weighted by molar-refractivity contribution is -0.131. The predicted molar refractivity (Wildman–Crippen MR) is 139 cm³/mol. The van der Waals surface area contributed by atoms with Crippen LogP contribution in [0.3, 0.4) is 0 Å². The summed E-state index contributed by atoms with van der Waals surface area (Å²) in [4.78, 5) is 26.4. The highest BCUT2D eigenvalue weighted by Crippen LogP contribution is 2.31. The smallest absolute Gasteiger partial charge is 0.260 e. The molecule has 0 fully saturated rings. The number of carbonyl (C=O) groups is 2. The van der Waals surface area contributed by atoms with Crippen LogP contribution in [0, 0.1) is 6.92 Å². The molecule has 1 unspecified atom stereocenters. The summed E-state index contributed by atoms with van der Waals surface area (Å²) in [5.41, 5.74) is 5.23. The normalized spacial score (nSPS) is 10.8. The fraction of sp³-hybridized carbons (Fsp3) is 0.333. The molecule has 0 saturated heterocycles. The van der Waals surface area contributed by atoms with E-state index in [-0.39, 0.29) is 5.78 Å². The predicted octanol–water partition coefficient (Wildman–Crippen LogP) is 5.62. The fourth-order valence-corrected chi connectivity index (χ4v) is 4.23. The quantitative estimate of drug-likeness (QED) is 0.220. The zero-order valence-corrected chi connectivity index (χ0v) is 21.7. The largest absolute Gasteiger partial charge is 0.388 e. The third-order valence-corrected chi connectivity index (χ3v) is 6.12. The van der Waals surface area contributed by atoms with E-state index >= 15 is 0 Å². The van der Waals surface area contributed by atoms with Gasteiger partial charge in [-0.05, 0) is 30.5 Å². The maximum atomic E-state index is 12.6. The van der Waals surface area contributed by atoms with E-state index in [0.717, 1.165) is 20.9 Å². The number of methoxy groups -OCH3 is 1. The van der Waals surface area contributed by atoms with Crippen LogP contribution in [-0.4, -0.2) is 37.2 Å². The average Bonchev–Trinajstić information content (AvgIpc) is 3.26. The molecule has 184 valence electrons. The molecule has 0 radical (unpaired) electrons. The number of nitrogens with one attached hydrogen (secondary N) is 2. The van der Waals surface area contributed by atoms with Crippen molar-refractivity contribution >= 4 is 23.0 Å². The third kappa shape index (κ3) is 8.50. The molecule has 6 nitrogen and oxygen atoms in total. The Hall–Kier alpha value is -2.84. The Kier molecular flexibility index (Phi) is 13.7. The number of hydrogen-bond acceptors (Lipinski definition) is 6. The van der Waals surface area contributed by atoms with Gasteiger partial charge in [0.25, 0.3) is 5.91 Å². The summed E-state index contributed by atoms with van der Waals surface area (Å²) in [6.45, 7) is 8.47. The molecule has 3 N–H and O–H groups in total. The van der Waals surface area contributed by atoms with Crippen molar-refractivity contribution in [2.75, 3.05) is 14.2 Å². The van der Waals surface area contributed by atoms with Crippen LogP contribution in [0.2, 0.25) is 0 Å².